The van der Waals surface area contributed by atoms with Crippen molar-refractivity contribution in [2.24, 2.45) is 0 Å². The maximum Gasteiger partial charge on any atom is 0.408 e. The molecule has 0 bridgehead atoms. The Balaban J connectivity index is 2.16. The standard InChI is InChI=1S/C19H26BrNO7S/c1-5-26-16(22)19(21-17(23)27-18(2,3)4)11-10-14(12-19)28-29(24,25)15-8-6-13(20)7-9-15/h6-9,14H,5,10-12H2,1-4H3,(H,21,23)/t14-,19-/m0/s1. The Hall–Kier alpha value is -1.65. The van der Waals surface area contributed by atoms with Gasteiger partial charge >= 0.3 is 12.1 Å². The number of carbonyl (C=O) groups is 2. The van der Waals surface area contributed by atoms with Crippen molar-refractivity contribution in [2.45, 2.75) is 69.1 Å². The van der Waals surface area contributed by atoms with Crippen LogP contribution < -0.4 is 5.32 Å². The van der Waals surface area contributed by atoms with Crippen molar-refractivity contribution in [2.75, 3.05) is 6.61 Å². The number of ether oxygens (including phenoxy) is 2. The molecule has 1 aromatic carbocycles. The Labute approximate surface area is 179 Å². The maximum atomic E-state index is 12.6. The maximum absolute atomic E-state index is 12.6. The number of alkyl carbamates (subject to hydrolysis) is 1. The molecule has 1 N–H and O–H groups in total. The van der Waals surface area contributed by atoms with Crippen LogP contribution in [-0.2, 0) is 28.6 Å². The van der Waals surface area contributed by atoms with Gasteiger partial charge in [-0.05, 0) is 64.8 Å². The lowest BCUT2D eigenvalue weighted by Gasteiger charge is -2.29. The Kier molecular flexibility index (Phi) is 7.34. The minimum Gasteiger partial charge on any atom is -0.464 e. The lowest BCUT2D eigenvalue weighted by Crippen LogP contribution is -2.55. The van der Waals surface area contributed by atoms with Gasteiger partial charge in [-0.2, -0.15) is 8.42 Å². The largest absolute Gasteiger partial charge is 0.464 e. The quantitative estimate of drug-likeness (QED) is 0.478. The van der Waals surface area contributed by atoms with E-state index in [-0.39, 0.29) is 30.8 Å². The third-order valence-electron chi connectivity index (χ3n) is 4.24. The van der Waals surface area contributed by atoms with Crippen LogP contribution in [0.2, 0.25) is 0 Å². The normalized spacial score (nSPS) is 22.2. The van der Waals surface area contributed by atoms with Crippen molar-refractivity contribution in [3.63, 3.8) is 0 Å². The first-order valence-electron chi connectivity index (χ1n) is 9.24. The lowest BCUT2D eigenvalue weighted by molar-refractivity contribution is -0.151. The molecule has 29 heavy (non-hydrogen) atoms. The van der Waals surface area contributed by atoms with Crippen molar-refractivity contribution in [3.8, 4) is 0 Å². The fraction of sp³-hybridized carbons (Fsp3) is 0.579. The van der Waals surface area contributed by atoms with Gasteiger partial charge < -0.3 is 14.8 Å². The molecule has 0 heterocycles. The van der Waals surface area contributed by atoms with E-state index < -0.39 is 39.4 Å². The van der Waals surface area contributed by atoms with Crippen molar-refractivity contribution < 1.29 is 31.7 Å². The van der Waals surface area contributed by atoms with Gasteiger partial charge in [0.2, 0.25) is 0 Å². The van der Waals surface area contributed by atoms with Crippen LogP contribution in [0.5, 0.6) is 0 Å². The highest BCUT2D eigenvalue weighted by Crippen LogP contribution is 2.35. The summed E-state index contributed by atoms with van der Waals surface area (Å²) in [6.45, 7) is 6.89. The second-order valence-corrected chi connectivity index (χ2v) is 10.3. The fourth-order valence-corrected chi connectivity index (χ4v) is 4.40. The number of hydrogen-bond donors (Lipinski definition) is 1. The van der Waals surface area contributed by atoms with E-state index in [2.05, 4.69) is 21.2 Å². The Bertz CT molecular complexity index is 848. The summed E-state index contributed by atoms with van der Waals surface area (Å²) in [4.78, 5) is 24.9. The zero-order chi connectivity index (χ0) is 21.9. The lowest BCUT2D eigenvalue weighted by atomic mass is 9.98. The molecular formula is C19H26BrNO7S. The van der Waals surface area contributed by atoms with E-state index in [9.17, 15) is 18.0 Å². The van der Waals surface area contributed by atoms with E-state index in [1.165, 1.54) is 12.1 Å². The molecule has 8 nitrogen and oxygen atoms in total. The van der Waals surface area contributed by atoms with Crippen LogP contribution in [0.4, 0.5) is 4.79 Å². The van der Waals surface area contributed by atoms with Crippen LogP contribution in [0, 0.1) is 0 Å². The molecule has 0 aromatic heterocycles. The number of rotatable bonds is 6. The number of benzene rings is 1. The molecule has 0 aliphatic heterocycles. The highest BCUT2D eigenvalue weighted by atomic mass is 79.9. The van der Waals surface area contributed by atoms with E-state index >= 15 is 0 Å². The van der Waals surface area contributed by atoms with Crippen LogP contribution in [0.3, 0.4) is 0 Å². The van der Waals surface area contributed by atoms with Gasteiger partial charge in [-0.1, -0.05) is 15.9 Å². The molecule has 1 aromatic rings. The Morgan fingerprint density at radius 1 is 1.24 bits per heavy atom. The van der Waals surface area contributed by atoms with Gasteiger partial charge in [0.1, 0.15) is 11.1 Å². The van der Waals surface area contributed by atoms with Gasteiger partial charge in [-0.25, -0.2) is 9.59 Å². The van der Waals surface area contributed by atoms with E-state index in [1.807, 2.05) is 0 Å². The fourth-order valence-electron chi connectivity index (χ4n) is 3.04. The number of amides is 1. The molecule has 1 fully saturated rings. The smallest absolute Gasteiger partial charge is 0.408 e. The summed E-state index contributed by atoms with van der Waals surface area (Å²) in [5.41, 5.74) is -2.16. The van der Waals surface area contributed by atoms with Crippen molar-refractivity contribution in [1.82, 2.24) is 5.32 Å². The molecule has 10 heteroatoms. The third kappa shape index (κ3) is 6.42. The highest BCUT2D eigenvalue weighted by molar-refractivity contribution is 9.10. The first-order chi connectivity index (χ1) is 13.4. The zero-order valence-corrected chi connectivity index (χ0v) is 19.3. The molecule has 0 unspecified atom stereocenters. The summed E-state index contributed by atoms with van der Waals surface area (Å²) in [6.07, 6.45) is -1.18. The van der Waals surface area contributed by atoms with Crippen molar-refractivity contribution >= 4 is 38.1 Å². The van der Waals surface area contributed by atoms with E-state index in [0.717, 1.165) is 4.47 Å². The van der Waals surface area contributed by atoms with E-state index in [1.54, 1.807) is 39.8 Å². The molecular weight excluding hydrogens is 466 g/mol. The third-order valence-corrected chi connectivity index (χ3v) is 6.14. The number of carbonyl (C=O) groups excluding carboxylic acids is 2. The summed E-state index contributed by atoms with van der Waals surface area (Å²) < 4.78 is 41.5. The van der Waals surface area contributed by atoms with Gasteiger partial charge in [-0.15, -0.1) is 0 Å². The number of hydrogen-bond acceptors (Lipinski definition) is 7. The van der Waals surface area contributed by atoms with Gasteiger partial charge in [0.05, 0.1) is 17.6 Å². The first-order valence-corrected chi connectivity index (χ1v) is 11.4. The summed E-state index contributed by atoms with van der Waals surface area (Å²) in [5, 5.41) is 2.58. The van der Waals surface area contributed by atoms with E-state index in [4.69, 9.17) is 13.7 Å². The summed E-state index contributed by atoms with van der Waals surface area (Å²) in [7, 11) is -4.02. The number of esters is 1. The summed E-state index contributed by atoms with van der Waals surface area (Å²) in [5.74, 6) is -0.641. The average molecular weight is 492 g/mol. The second-order valence-electron chi connectivity index (χ2n) is 7.80. The number of halogens is 1. The van der Waals surface area contributed by atoms with Gasteiger partial charge in [-0.3, -0.25) is 4.18 Å². The van der Waals surface area contributed by atoms with Gasteiger partial charge in [0, 0.05) is 10.9 Å². The monoisotopic (exact) mass is 491 g/mol. The predicted molar refractivity (Wildman–Crippen MR) is 109 cm³/mol. The molecule has 2 atom stereocenters. The molecule has 0 radical (unpaired) electrons. The second kappa shape index (κ2) is 9.01. The average Bonchev–Trinajstić information content (AvgIpc) is 2.96. The van der Waals surface area contributed by atoms with Crippen LogP contribution in [-0.4, -0.2) is 44.3 Å². The van der Waals surface area contributed by atoms with Crippen molar-refractivity contribution in [3.05, 3.63) is 28.7 Å². The van der Waals surface area contributed by atoms with Crippen LogP contribution in [0.1, 0.15) is 47.0 Å². The minimum atomic E-state index is -4.02. The molecule has 1 aliphatic rings. The van der Waals surface area contributed by atoms with Crippen molar-refractivity contribution in [1.29, 1.82) is 0 Å². The molecule has 0 saturated heterocycles. The molecule has 1 amide bonds. The Morgan fingerprint density at radius 3 is 2.41 bits per heavy atom. The Morgan fingerprint density at radius 2 is 1.86 bits per heavy atom. The SMILES string of the molecule is CCOC(=O)[C@]1(NC(=O)OC(C)(C)C)CC[C@H](OS(=O)(=O)c2ccc(Br)cc2)C1. The summed E-state index contributed by atoms with van der Waals surface area (Å²) >= 11 is 3.25. The van der Waals surface area contributed by atoms with Crippen LogP contribution in [0.15, 0.2) is 33.6 Å². The predicted octanol–water partition coefficient (Wildman–Crippen LogP) is 3.53. The number of nitrogens with one attached hydrogen (secondary N) is 1. The molecule has 1 aliphatic carbocycles. The molecule has 1 saturated carbocycles. The topological polar surface area (TPSA) is 108 Å². The molecule has 0 spiro atoms. The van der Waals surface area contributed by atoms with Crippen LogP contribution >= 0.6 is 15.9 Å². The molecule has 2 rings (SSSR count). The summed E-state index contributed by atoms with van der Waals surface area (Å²) in [6, 6.07) is 6.04. The molecule has 162 valence electrons. The first kappa shape index (κ1) is 23.6. The highest BCUT2D eigenvalue weighted by Gasteiger charge is 2.50. The van der Waals surface area contributed by atoms with Gasteiger partial charge in [0.25, 0.3) is 10.1 Å². The minimum absolute atomic E-state index is 0.00874. The van der Waals surface area contributed by atoms with E-state index in [0.29, 0.717) is 0 Å². The van der Waals surface area contributed by atoms with Gasteiger partial charge in [0.15, 0.2) is 0 Å². The zero-order valence-electron chi connectivity index (χ0n) is 16.9. The van der Waals surface area contributed by atoms with Crippen LogP contribution in [0.25, 0.3) is 0 Å².